The average molecular weight is 330 g/mol. The summed E-state index contributed by atoms with van der Waals surface area (Å²) in [5, 5.41) is -0.0960. The van der Waals surface area contributed by atoms with Crippen LogP contribution in [-0.4, -0.2) is 25.0 Å². The highest BCUT2D eigenvalue weighted by Crippen LogP contribution is 2.42. The maximum absolute atomic E-state index is 13.2. The molecule has 0 saturated heterocycles. The lowest BCUT2D eigenvalue weighted by atomic mass is 10.1. The maximum atomic E-state index is 13.2. The van der Waals surface area contributed by atoms with Gasteiger partial charge in [-0.15, -0.1) is 0 Å². The van der Waals surface area contributed by atoms with Crippen molar-refractivity contribution in [3.8, 4) is 0 Å². The van der Waals surface area contributed by atoms with Crippen LogP contribution in [0.25, 0.3) is 15.7 Å². The van der Waals surface area contributed by atoms with Gasteiger partial charge in [-0.2, -0.15) is 13.2 Å². The van der Waals surface area contributed by atoms with Crippen LogP contribution in [0.5, 0.6) is 0 Å². The minimum Gasteiger partial charge on any atom is -0.344 e. The van der Waals surface area contributed by atoms with E-state index in [-0.39, 0.29) is 16.7 Å². The first-order chi connectivity index (χ1) is 10.0. The van der Waals surface area contributed by atoms with Crippen LogP contribution in [0.3, 0.4) is 0 Å². The van der Waals surface area contributed by atoms with Gasteiger partial charge in [-0.05, 0) is 19.1 Å². The number of halogens is 3. The molecule has 2 rings (SSSR count). The minimum atomic E-state index is -4.65. The number of hydrogen-bond acceptors (Lipinski definition) is 2. The molecule has 118 valence electrons. The first-order valence-electron chi connectivity index (χ1n) is 6.30. The van der Waals surface area contributed by atoms with Crippen LogP contribution >= 0.6 is 0 Å². The predicted molar refractivity (Wildman–Crippen MR) is 77.6 cm³/mol. The van der Waals surface area contributed by atoms with Crippen molar-refractivity contribution >= 4 is 26.4 Å². The third kappa shape index (κ3) is 3.09. The molecule has 1 unspecified atom stereocenters. The van der Waals surface area contributed by atoms with Crippen LogP contribution in [0.1, 0.15) is 18.5 Å². The molecule has 8 heteroatoms. The molecule has 1 aromatic heterocycles. The van der Waals surface area contributed by atoms with Crippen molar-refractivity contribution in [1.29, 1.82) is 0 Å². The molecule has 0 aliphatic carbocycles. The lowest BCUT2D eigenvalue weighted by Gasteiger charge is -2.16. The third-order valence-electron chi connectivity index (χ3n) is 3.30. The molecule has 0 aliphatic heterocycles. The topological polar surface area (TPSA) is 43.4 Å². The second kappa shape index (κ2) is 5.32. The van der Waals surface area contributed by atoms with Crippen LogP contribution in [0.15, 0.2) is 24.4 Å². The molecule has 1 heterocycles. The molecule has 0 aliphatic rings. The Morgan fingerprint density at radius 1 is 1.32 bits per heavy atom. The lowest BCUT2D eigenvalue weighted by molar-refractivity contribution is -0.135. The summed E-state index contributed by atoms with van der Waals surface area (Å²) in [6, 6.07) is 3.29. The Morgan fingerprint density at radius 3 is 2.45 bits per heavy atom. The first kappa shape index (κ1) is 16.4. The van der Waals surface area contributed by atoms with E-state index in [4.69, 9.17) is 6.57 Å². The van der Waals surface area contributed by atoms with Crippen molar-refractivity contribution in [2.45, 2.75) is 19.1 Å². The van der Waals surface area contributed by atoms with Gasteiger partial charge in [0.25, 0.3) is 0 Å². The lowest BCUT2D eigenvalue weighted by Crippen LogP contribution is -2.16. The Labute approximate surface area is 125 Å². The number of aromatic nitrogens is 1. The first-order valence-corrected chi connectivity index (χ1v) is 8.36. The molecule has 1 atom stereocenters. The summed E-state index contributed by atoms with van der Waals surface area (Å²) >= 11 is 0. The van der Waals surface area contributed by atoms with Crippen molar-refractivity contribution in [1.82, 2.24) is 4.57 Å². The van der Waals surface area contributed by atoms with E-state index in [1.54, 1.807) is 6.92 Å². The van der Waals surface area contributed by atoms with Gasteiger partial charge in [0.1, 0.15) is 9.84 Å². The number of hydrogen-bond donors (Lipinski definition) is 0. The standard InChI is InChI=1S/C14H13F3N2O2S/c1-9(8-22(3,20)21)19-7-6-10-12(19)5-4-11(18-2)13(10)14(15,16)17/h4-7,9H,8H2,1,3H3. The smallest absolute Gasteiger partial charge is 0.344 e. The van der Waals surface area contributed by atoms with E-state index in [2.05, 4.69) is 4.85 Å². The highest BCUT2D eigenvalue weighted by Gasteiger charge is 2.36. The van der Waals surface area contributed by atoms with Gasteiger partial charge in [-0.1, -0.05) is 6.07 Å². The molecule has 0 radical (unpaired) electrons. The number of fused-ring (bicyclic) bond motifs is 1. The number of sulfone groups is 1. The second-order valence-electron chi connectivity index (χ2n) is 5.17. The molecule has 0 saturated carbocycles. The van der Waals surface area contributed by atoms with Crippen LogP contribution < -0.4 is 0 Å². The highest BCUT2D eigenvalue weighted by atomic mass is 32.2. The van der Waals surface area contributed by atoms with E-state index in [1.807, 2.05) is 0 Å². The van der Waals surface area contributed by atoms with E-state index in [0.717, 1.165) is 12.3 Å². The summed E-state index contributed by atoms with van der Waals surface area (Å²) < 4.78 is 63.8. The van der Waals surface area contributed by atoms with Gasteiger partial charge in [0, 0.05) is 29.4 Å². The van der Waals surface area contributed by atoms with Crippen molar-refractivity contribution in [3.63, 3.8) is 0 Å². The average Bonchev–Trinajstić information content (AvgIpc) is 2.77. The van der Waals surface area contributed by atoms with Crippen LogP contribution in [0.2, 0.25) is 0 Å². The highest BCUT2D eigenvalue weighted by molar-refractivity contribution is 7.90. The number of alkyl halides is 3. The van der Waals surface area contributed by atoms with Crippen LogP contribution in [0.4, 0.5) is 18.9 Å². The molecule has 0 fully saturated rings. The Bertz CT molecular complexity index is 861. The normalized spacial score (nSPS) is 14.0. The summed E-state index contributed by atoms with van der Waals surface area (Å²) in [6.07, 6.45) is -2.15. The van der Waals surface area contributed by atoms with Crippen LogP contribution in [0, 0.1) is 6.57 Å². The zero-order valence-electron chi connectivity index (χ0n) is 11.8. The summed E-state index contributed by atoms with van der Waals surface area (Å²) in [5.74, 6) is -0.178. The SMILES string of the molecule is [C-]#[N+]c1ccc2c(ccn2C(C)CS(C)(=O)=O)c1C(F)(F)F. The van der Waals surface area contributed by atoms with E-state index in [9.17, 15) is 21.6 Å². The second-order valence-corrected chi connectivity index (χ2v) is 7.35. The van der Waals surface area contributed by atoms with Gasteiger partial charge >= 0.3 is 6.18 Å². The maximum Gasteiger partial charge on any atom is 0.408 e. The quantitative estimate of drug-likeness (QED) is 0.803. The fourth-order valence-corrected chi connectivity index (χ4v) is 3.56. The molecular formula is C14H13F3N2O2S. The third-order valence-corrected chi connectivity index (χ3v) is 4.39. The Morgan fingerprint density at radius 2 is 1.95 bits per heavy atom. The molecule has 22 heavy (non-hydrogen) atoms. The number of benzene rings is 1. The summed E-state index contributed by atoms with van der Waals surface area (Å²) in [6.45, 7) is 8.51. The van der Waals surface area contributed by atoms with Crippen molar-refractivity contribution in [2.24, 2.45) is 0 Å². The summed E-state index contributed by atoms with van der Waals surface area (Å²) in [7, 11) is -3.26. The van der Waals surface area contributed by atoms with Crippen molar-refractivity contribution in [2.75, 3.05) is 12.0 Å². The largest absolute Gasteiger partial charge is 0.408 e. The molecule has 1 aromatic carbocycles. The van der Waals surface area contributed by atoms with Gasteiger partial charge in [0.05, 0.1) is 17.9 Å². The van der Waals surface area contributed by atoms with Crippen molar-refractivity contribution in [3.05, 3.63) is 41.4 Å². The van der Waals surface area contributed by atoms with Gasteiger partial charge in [-0.25, -0.2) is 13.3 Å². The molecule has 0 bridgehead atoms. The number of nitrogens with zero attached hydrogens (tertiary/aromatic N) is 2. The zero-order valence-corrected chi connectivity index (χ0v) is 12.7. The Hall–Kier alpha value is -2.01. The van der Waals surface area contributed by atoms with Crippen molar-refractivity contribution < 1.29 is 21.6 Å². The van der Waals surface area contributed by atoms with Gasteiger partial charge < -0.3 is 4.57 Å². The summed E-state index contributed by atoms with van der Waals surface area (Å²) in [4.78, 5) is 2.93. The molecule has 4 nitrogen and oxygen atoms in total. The Kier molecular flexibility index (Phi) is 3.96. The van der Waals surface area contributed by atoms with E-state index >= 15 is 0 Å². The molecule has 0 amide bonds. The van der Waals surface area contributed by atoms with E-state index in [0.29, 0.717) is 0 Å². The van der Waals surface area contributed by atoms with Gasteiger partial charge in [0.15, 0.2) is 5.69 Å². The molecule has 2 aromatic rings. The molecular weight excluding hydrogens is 317 g/mol. The van der Waals surface area contributed by atoms with E-state index < -0.39 is 33.3 Å². The zero-order chi connectivity index (χ0) is 16.7. The fourth-order valence-electron chi connectivity index (χ4n) is 2.52. The van der Waals surface area contributed by atoms with E-state index in [1.165, 1.54) is 22.9 Å². The van der Waals surface area contributed by atoms with Crippen LogP contribution in [-0.2, 0) is 16.0 Å². The predicted octanol–water partition coefficient (Wildman–Crippen LogP) is 3.82. The fraction of sp³-hybridized carbons (Fsp3) is 0.357. The molecule has 0 N–H and O–H groups in total. The Balaban J connectivity index is 2.67. The monoisotopic (exact) mass is 330 g/mol. The summed E-state index contributed by atoms with van der Waals surface area (Å²) in [5.41, 5.74) is -1.19. The van der Waals surface area contributed by atoms with Gasteiger partial charge in [0.2, 0.25) is 0 Å². The van der Waals surface area contributed by atoms with Gasteiger partial charge in [-0.3, -0.25) is 0 Å². The molecule has 0 spiro atoms. The minimum absolute atomic E-state index is 0.0960. The number of rotatable bonds is 3.